The first-order chi connectivity index (χ1) is 16.1. The van der Waals surface area contributed by atoms with E-state index in [2.05, 4.69) is 10.6 Å². The number of rotatable bonds is 10. The van der Waals surface area contributed by atoms with Crippen LogP contribution in [0.4, 0.5) is 11.4 Å². The highest BCUT2D eigenvalue weighted by atomic mass is 16.5. The zero-order chi connectivity index (χ0) is 23.5. The van der Waals surface area contributed by atoms with E-state index in [1.807, 2.05) is 49.4 Å². The van der Waals surface area contributed by atoms with Crippen molar-refractivity contribution in [1.29, 1.82) is 0 Å². The first kappa shape index (κ1) is 23.4. The molecule has 33 heavy (non-hydrogen) atoms. The van der Waals surface area contributed by atoms with E-state index in [0.717, 1.165) is 5.56 Å². The first-order valence-electron chi connectivity index (χ1n) is 10.4. The number of hydrogen-bond acceptors (Lipinski definition) is 5. The molecule has 7 nitrogen and oxygen atoms in total. The van der Waals surface area contributed by atoms with Gasteiger partial charge in [-0.25, -0.2) is 0 Å². The van der Waals surface area contributed by atoms with Gasteiger partial charge in [-0.3, -0.25) is 9.59 Å². The van der Waals surface area contributed by atoms with Gasteiger partial charge in [0.15, 0.2) is 24.7 Å². The number of anilines is 2. The maximum Gasteiger partial charge on any atom is 0.262 e. The summed E-state index contributed by atoms with van der Waals surface area (Å²) in [7, 11) is 1.55. The molecule has 3 aromatic carbocycles. The van der Waals surface area contributed by atoms with E-state index in [0.29, 0.717) is 28.6 Å². The lowest BCUT2D eigenvalue weighted by molar-refractivity contribution is -0.118. The Kier molecular flexibility index (Phi) is 8.48. The van der Waals surface area contributed by atoms with Crippen molar-refractivity contribution in [1.82, 2.24) is 0 Å². The van der Waals surface area contributed by atoms with Gasteiger partial charge in [-0.05, 0) is 48.9 Å². The van der Waals surface area contributed by atoms with Crippen molar-refractivity contribution in [3.63, 3.8) is 0 Å². The number of methoxy groups -OCH3 is 1. The molecule has 0 saturated heterocycles. The molecule has 0 radical (unpaired) electrons. The Hall–Kier alpha value is -4.26. The van der Waals surface area contributed by atoms with Crippen LogP contribution in [0.2, 0.25) is 0 Å². The average Bonchev–Trinajstić information content (AvgIpc) is 2.83. The second-order valence-electron chi connectivity index (χ2n) is 6.98. The van der Waals surface area contributed by atoms with Crippen molar-refractivity contribution >= 4 is 29.3 Å². The Morgan fingerprint density at radius 3 is 2.21 bits per heavy atom. The van der Waals surface area contributed by atoms with Crippen LogP contribution >= 0.6 is 0 Å². The Balaban J connectivity index is 1.50. The molecule has 0 saturated carbocycles. The number of carbonyl (C=O) groups excluding carboxylic acids is 2. The van der Waals surface area contributed by atoms with Gasteiger partial charge in [0.2, 0.25) is 0 Å². The van der Waals surface area contributed by atoms with Gasteiger partial charge in [-0.1, -0.05) is 42.5 Å². The van der Waals surface area contributed by atoms with Crippen LogP contribution in [0, 0.1) is 0 Å². The Bertz CT molecular complexity index is 1110. The van der Waals surface area contributed by atoms with Crippen molar-refractivity contribution in [2.45, 2.75) is 6.92 Å². The van der Waals surface area contributed by atoms with E-state index in [1.54, 1.807) is 49.6 Å². The number of ether oxygens (including phenoxy) is 3. The maximum absolute atomic E-state index is 12.3. The van der Waals surface area contributed by atoms with Crippen LogP contribution in [-0.2, 0) is 9.59 Å². The summed E-state index contributed by atoms with van der Waals surface area (Å²) >= 11 is 0. The SMILES string of the molecule is C/C=C/c1ccc(OCC(=O)Nc2cccc(OCC(=O)Nc3ccccc3)c2)c(OC)c1. The number of benzene rings is 3. The maximum atomic E-state index is 12.3. The number of nitrogens with one attached hydrogen (secondary N) is 2. The van der Waals surface area contributed by atoms with Crippen LogP contribution in [0.5, 0.6) is 17.2 Å². The van der Waals surface area contributed by atoms with Gasteiger partial charge in [0.05, 0.1) is 7.11 Å². The molecule has 0 spiro atoms. The summed E-state index contributed by atoms with van der Waals surface area (Å²) in [4.78, 5) is 24.4. The van der Waals surface area contributed by atoms with Crippen molar-refractivity contribution in [2.75, 3.05) is 31.0 Å². The number of carbonyl (C=O) groups is 2. The second kappa shape index (κ2) is 12.0. The van der Waals surface area contributed by atoms with Gasteiger partial charge in [0.25, 0.3) is 11.8 Å². The summed E-state index contributed by atoms with van der Waals surface area (Å²) in [6.07, 6.45) is 3.87. The van der Waals surface area contributed by atoms with Crippen molar-refractivity contribution in [2.24, 2.45) is 0 Å². The fourth-order valence-corrected chi connectivity index (χ4v) is 2.97. The average molecular weight is 447 g/mol. The number of allylic oxidation sites excluding steroid dienone is 1. The molecular weight excluding hydrogens is 420 g/mol. The summed E-state index contributed by atoms with van der Waals surface area (Å²) in [5.74, 6) is 0.857. The summed E-state index contributed by atoms with van der Waals surface area (Å²) in [5, 5.41) is 5.50. The number of amides is 2. The van der Waals surface area contributed by atoms with Gasteiger partial charge in [-0.2, -0.15) is 0 Å². The minimum absolute atomic E-state index is 0.154. The fourth-order valence-electron chi connectivity index (χ4n) is 2.97. The lowest BCUT2D eigenvalue weighted by Gasteiger charge is -2.12. The third-order valence-electron chi connectivity index (χ3n) is 4.45. The van der Waals surface area contributed by atoms with Crippen LogP contribution in [-0.4, -0.2) is 32.1 Å². The molecule has 2 amide bonds. The first-order valence-corrected chi connectivity index (χ1v) is 10.4. The lowest BCUT2D eigenvalue weighted by Crippen LogP contribution is -2.21. The van der Waals surface area contributed by atoms with Crippen LogP contribution in [0.25, 0.3) is 6.08 Å². The highest BCUT2D eigenvalue weighted by Gasteiger charge is 2.10. The minimum Gasteiger partial charge on any atom is -0.493 e. The third-order valence-corrected chi connectivity index (χ3v) is 4.45. The van der Waals surface area contributed by atoms with E-state index in [4.69, 9.17) is 14.2 Å². The zero-order valence-electron chi connectivity index (χ0n) is 18.5. The van der Waals surface area contributed by atoms with E-state index < -0.39 is 0 Å². The molecule has 2 N–H and O–H groups in total. The quantitative estimate of drug-likeness (QED) is 0.469. The minimum atomic E-state index is -0.339. The van der Waals surface area contributed by atoms with Crippen molar-refractivity contribution < 1.29 is 23.8 Å². The topological polar surface area (TPSA) is 85.9 Å². The Morgan fingerprint density at radius 1 is 0.788 bits per heavy atom. The lowest BCUT2D eigenvalue weighted by atomic mass is 10.2. The summed E-state index contributed by atoms with van der Waals surface area (Å²) in [5.41, 5.74) is 2.19. The van der Waals surface area contributed by atoms with Crippen LogP contribution < -0.4 is 24.8 Å². The monoisotopic (exact) mass is 446 g/mol. The van der Waals surface area contributed by atoms with E-state index >= 15 is 0 Å². The third kappa shape index (κ3) is 7.43. The molecule has 0 aliphatic rings. The molecule has 0 atom stereocenters. The van der Waals surface area contributed by atoms with Gasteiger partial charge in [0.1, 0.15) is 5.75 Å². The summed E-state index contributed by atoms with van der Waals surface area (Å²) in [6, 6.07) is 21.4. The predicted molar refractivity (Wildman–Crippen MR) is 129 cm³/mol. The molecule has 7 heteroatoms. The highest BCUT2D eigenvalue weighted by molar-refractivity contribution is 5.92. The smallest absolute Gasteiger partial charge is 0.262 e. The molecule has 0 fully saturated rings. The molecule has 0 aliphatic heterocycles. The van der Waals surface area contributed by atoms with E-state index in [1.165, 1.54) is 0 Å². The van der Waals surface area contributed by atoms with Crippen LogP contribution in [0.3, 0.4) is 0 Å². The van der Waals surface area contributed by atoms with Gasteiger partial charge in [-0.15, -0.1) is 0 Å². The zero-order valence-corrected chi connectivity index (χ0v) is 18.5. The molecule has 170 valence electrons. The number of hydrogen-bond donors (Lipinski definition) is 2. The molecule has 3 rings (SSSR count). The largest absolute Gasteiger partial charge is 0.493 e. The summed E-state index contributed by atoms with van der Waals surface area (Å²) < 4.78 is 16.5. The highest BCUT2D eigenvalue weighted by Crippen LogP contribution is 2.28. The molecule has 0 aromatic heterocycles. The molecule has 0 unspecified atom stereocenters. The molecule has 0 aliphatic carbocycles. The summed E-state index contributed by atoms with van der Waals surface area (Å²) in [6.45, 7) is 1.59. The Labute approximate surface area is 193 Å². The van der Waals surface area contributed by atoms with Gasteiger partial charge < -0.3 is 24.8 Å². The van der Waals surface area contributed by atoms with Gasteiger partial charge in [0, 0.05) is 17.4 Å². The fraction of sp³-hybridized carbons (Fsp3) is 0.154. The van der Waals surface area contributed by atoms with Crippen molar-refractivity contribution in [3.05, 3.63) is 84.4 Å². The Morgan fingerprint density at radius 2 is 1.48 bits per heavy atom. The van der Waals surface area contributed by atoms with Crippen LogP contribution in [0.15, 0.2) is 78.9 Å². The van der Waals surface area contributed by atoms with E-state index in [9.17, 15) is 9.59 Å². The van der Waals surface area contributed by atoms with E-state index in [-0.39, 0.29) is 25.0 Å². The standard InChI is InChI=1S/C26H26N2O5/c1-3-8-19-13-14-23(24(15-19)31-2)33-18-26(30)28-21-11-7-12-22(16-21)32-17-25(29)27-20-9-5-4-6-10-20/h3-16H,17-18H2,1-2H3,(H,27,29)(H,28,30)/b8-3+. The second-order valence-corrected chi connectivity index (χ2v) is 6.98. The van der Waals surface area contributed by atoms with Crippen LogP contribution in [0.1, 0.15) is 12.5 Å². The molecule has 3 aromatic rings. The number of para-hydroxylation sites is 1. The van der Waals surface area contributed by atoms with Gasteiger partial charge >= 0.3 is 0 Å². The predicted octanol–water partition coefficient (Wildman–Crippen LogP) is 4.76. The van der Waals surface area contributed by atoms with Crippen molar-refractivity contribution in [3.8, 4) is 17.2 Å². The molecule has 0 heterocycles. The normalized spacial score (nSPS) is 10.5. The molecule has 0 bridgehead atoms. The molecular formula is C26H26N2O5.